The summed E-state index contributed by atoms with van der Waals surface area (Å²) >= 11 is 0. The lowest BCUT2D eigenvalue weighted by Gasteiger charge is -2.32. The molecule has 3 nitrogen and oxygen atoms in total. The highest BCUT2D eigenvalue weighted by Gasteiger charge is 2.47. The van der Waals surface area contributed by atoms with Crippen LogP contribution >= 0.6 is 12.4 Å². The van der Waals surface area contributed by atoms with Crippen LogP contribution in [-0.2, 0) is 4.79 Å². The minimum Gasteiger partial charge on any atom is -0.340 e. The topological polar surface area (TPSA) is 32.3 Å². The van der Waals surface area contributed by atoms with Gasteiger partial charge in [-0.05, 0) is 46.2 Å². The molecule has 4 heteroatoms. The molecular weight excluding hydrogens is 212 g/mol. The van der Waals surface area contributed by atoms with Crippen molar-refractivity contribution in [1.82, 2.24) is 10.2 Å². The van der Waals surface area contributed by atoms with E-state index in [1.165, 1.54) is 0 Å². The smallest absolute Gasteiger partial charge is 0.229 e. The quantitative estimate of drug-likeness (QED) is 0.742. The van der Waals surface area contributed by atoms with Crippen LogP contribution in [0.3, 0.4) is 0 Å². The van der Waals surface area contributed by atoms with Gasteiger partial charge in [0.05, 0.1) is 5.41 Å². The fraction of sp³-hybridized carbons (Fsp3) is 0.909. The number of amides is 1. The highest BCUT2D eigenvalue weighted by molar-refractivity contribution is 5.85. The van der Waals surface area contributed by atoms with E-state index in [0.29, 0.717) is 11.9 Å². The number of hydrogen-bond donors (Lipinski definition) is 1. The average molecular weight is 233 g/mol. The van der Waals surface area contributed by atoms with Crippen LogP contribution in [-0.4, -0.2) is 36.5 Å². The van der Waals surface area contributed by atoms with E-state index in [1.54, 1.807) is 0 Å². The Morgan fingerprint density at radius 2 is 1.87 bits per heavy atom. The Balaban J connectivity index is 0.00000112. The van der Waals surface area contributed by atoms with E-state index in [1.807, 2.05) is 4.90 Å². The molecule has 2 saturated heterocycles. The lowest BCUT2D eigenvalue weighted by Crippen LogP contribution is -2.44. The van der Waals surface area contributed by atoms with E-state index in [2.05, 4.69) is 19.2 Å². The van der Waals surface area contributed by atoms with Crippen LogP contribution in [0.1, 0.15) is 33.1 Å². The molecule has 2 fully saturated rings. The van der Waals surface area contributed by atoms with Crippen LogP contribution in [0.2, 0.25) is 0 Å². The third kappa shape index (κ3) is 2.13. The fourth-order valence-corrected chi connectivity index (χ4v) is 2.71. The SMILES string of the molecule is CC(C)N1CCC2(CCNCC2)C1=O.Cl. The Labute approximate surface area is 98.0 Å². The first-order chi connectivity index (χ1) is 6.66. The van der Waals surface area contributed by atoms with Gasteiger partial charge in [-0.1, -0.05) is 0 Å². The number of nitrogens with one attached hydrogen (secondary N) is 1. The van der Waals surface area contributed by atoms with Crippen LogP contribution in [0.15, 0.2) is 0 Å². The largest absolute Gasteiger partial charge is 0.340 e. The molecule has 2 heterocycles. The number of carbonyl (C=O) groups is 1. The van der Waals surface area contributed by atoms with Crippen molar-refractivity contribution in [2.24, 2.45) is 5.41 Å². The van der Waals surface area contributed by atoms with Crippen molar-refractivity contribution in [1.29, 1.82) is 0 Å². The van der Waals surface area contributed by atoms with Gasteiger partial charge < -0.3 is 10.2 Å². The molecule has 0 unspecified atom stereocenters. The van der Waals surface area contributed by atoms with Crippen LogP contribution in [0.5, 0.6) is 0 Å². The van der Waals surface area contributed by atoms with Gasteiger partial charge in [0.25, 0.3) is 0 Å². The second kappa shape index (κ2) is 4.71. The Morgan fingerprint density at radius 3 is 2.33 bits per heavy atom. The number of halogens is 1. The number of rotatable bonds is 1. The molecule has 1 N–H and O–H groups in total. The maximum absolute atomic E-state index is 12.2. The highest BCUT2D eigenvalue weighted by atomic mass is 35.5. The Kier molecular flexibility index (Phi) is 4.01. The summed E-state index contributed by atoms with van der Waals surface area (Å²) in [5.41, 5.74) is 0.00944. The summed E-state index contributed by atoms with van der Waals surface area (Å²) in [5, 5.41) is 3.33. The normalized spacial score (nSPS) is 24.7. The van der Waals surface area contributed by atoms with Crippen LogP contribution in [0.25, 0.3) is 0 Å². The molecule has 2 rings (SSSR count). The molecule has 88 valence electrons. The van der Waals surface area contributed by atoms with Gasteiger partial charge in [-0.2, -0.15) is 0 Å². The summed E-state index contributed by atoms with van der Waals surface area (Å²) in [6.45, 7) is 7.21. The van der Waals surface area contributed by atoms with E-state index >= 15 is 0 Å². The van der Waals surface area contributed by atoms with Gasteiger partial charge in [0.2, 0.25) is 5.91 Å². The summed E-state index contributed by atoms with van der Waals surface area (Å²) in [5.74, 6) is 0.411. The monoisotopic (exact) mass is 232 g/mol. The first kappa shape index (κ1) is 12.8. The van der Waals surface area contributed by atoms with Crippen molar-refractivity contribution in [3.63, 3.8) is 0 Å². The van der Waals surface area contributed by atoms with Crippen LogP contribution < -0.4 is 5.32 Å². The molecule has 0 bridgehead atoms. The van der Waals surface area contributed by atoms with Gasteiger partial charge in [0.15, 0.2) is 0 Å². The number of piperidine rings is 1. The maximum atomic E-state index is 12.2. The van der Waals surface area contributed by atoms with E-state index in [4.69, 9.17) is 0 Å². The fourth-order valence-electron chi connectivity index (χ4n) is 2.71. The predicted octanol–water partition coefficient (Wildman–Crippen LogP) is 1.42. The Morgan fingerprint density at radius 1 is 1.27 bits per heavy atom. The molecular formula is C11H21ClN2O. The lowest BCUT2D eigenvalue weighted by molar-refractivity contribution is -0.138. The molecule has 15 heavy (non-hydrogen) atoms. The average Bonchev–Trinajstić information content (AvgIpc) is 2.46. The molecule has 2 aliphatic heterocycles. The Hall–Kier alpha value is -0.280. The van der Waals surface area contributed by atoms with Crippen LogP contribution in [0.4, 0.5) is 0 Å². The van der Waals surface area contributed by atoms with Crippen molar-refractivity contribution >= 4 is 18.3 Å². The van der Waals surface area contributed by atoms with E-state index < -0.39 is 0 Å². The molecule has 2 aliphatic rings. The van der Waals surface area contributed by atoms with Gasteiger partial charge in [0.1, 0.15) is 0 Å². The zero-order valence-electron chi connectivity index (χ0n) is 9.58. The summed E-state index contributed by atoms with van der Waals surface area (Å²) < 4.78 is 0. The van der Waals surface area contributed by atoms with Crippen molar-refractivity contribution < 1.29 is 4.79 Å². The molecule has 0 radical (unpaired) electrons. The molecule has 0 aromatic carbocycles. The maximum Gasteiger partial charge on any atom is 0.229 e. The third-order valence-electron chi connectivity index (χ3n) is 3.73. The van der Waals surface area contributed by atoms with Crippen molar-refractivity contribution in [2.45, 2.75) is 39.2 Å². The number of carbonyl (C=O) groups excluding carboxylic acids is 1. The van der Waals surface area contributed by atoms with Crippen molar-refractivity contribution in [3.05, 3.63) is 0 Å². The lowest BCUT2D eigenvalue weighted by atomic mass is 9.77. The molecule has 1 spiro atoms. The molecule has 1 amide bonds. The van der Waals surface area contributed by atoms with Crippen molar-refractivity contribution in [3.8, 4) is 0 Å². The zero-order valence-corrected chi connectivity index (χ0v) is 10.4. The summed E-state index contributed by atoms with van der Waals surface area (Å²) in [7, 11) is 0. The van der Waals surface area contributed by atoms with Crippen molar-refractivity contribution in [2.75, 3.05) is 19.6 Å². The second-order valence-corrected chi connectivity index (χ2v) is 4.87. The highest BCUT2D eigenvalue weighted by Crippen LogP contribution is 2.40. The zero-order chi connectivity index (χ0) is 10.2. The van der Waals surface area contributed by atoms with Gasteiger partial charge >= 0.3 is 0 Å². The minimum absolute atomic E-state index is 0. The molecule has 0 saturated carbocycles. The van der Waals surface area contributed by atoms with E-state index in [9.17, 15) is 4.79 Å². The Bertz CT molecular complexity index is 237. The number of likely N-dealkylation sites (tertiary alicyclic amines) is 1. The minimum atomic E-state index is 0. The number of hydrogen-bond acceptors (Lipinski definition) is 2. The third-order valence-corrected chi connectivity index (χ3v) is 3.73. The first-order valence-corrected chi connectivity index (χ1v) is 5.67. The summed E-state index contributed by atoms with van der Waals surface area (Å²) in [4.78, 5) is 14.3. The van der Waals surface area contributed by atoms with Gasteiger partial charge in [-0.3, -0.25) is 4.79 Å². The molecule has 0 aliphatic carbocycles. The molecule has 0 atom stereocenters. The van der Waals surface area contributed by atoms with Gasteiger partial charge in [0, 0.05) is 12.6 Å². The second-order valence-electron chi connectivity index (χ2n) is 4.87. The van der Waals surface area contributed by atoms with Gasteiger partial charge in [-0.15, -0.1) is 12.4 Å². The van der Waals surface area contributed by atoms with E-state index in [0.717, 1.165) is 38.9 Å². The first-order valence-electron chi connectivity index (χ1n) is 5.67. The number of nitrogens with zero attached hydrogens (tertiary/aromatic N) is 1. The molecule has 0 aromatic rings. The van der Waals surface area contributed by atoms with Crippen LogP contribution in [0, 0.1) is 5.41 Å². The van der Waals surface area contributed by atoms with Gasteiger partial charge in [-0.25, -0.2) is 0 Å². The van der Waals surface area contributed by atoms with E-state index in [-0.39, 0.29) is 17.8 Å². The standard InChI is InChI=1S/C11H20N2O.ClH/c1-9(2)13-8-5-11(10(13)14)3-6-12-7-4-11;/h9,12H,3-8H2,1-2H3;1H. The summed E-state index contributed by atoms with van der Waals surface area (Å²) in [6, 6.07) is 0.372. The summed E-state index contributed by atoms with van der Waals surface area (Å²) in [6.07, 6.45) is 3.15. The predicted molar refractivity (Wildman–Crippen MR) is 63.3 cm³/mol. The molecule has 0 aromatic heterocycles.